The molecule has 0 amide bonds. The van der Waals surface area contributed by atoms with Gasteiger partial charge in [-0.25, -0.2) is 4.68 Å². The van der Waals surface area contributed by atoms with Gasteiger partial charge in [0.2, 0.25) is 0 Å². The van der Waals surface area contributed by atoms with Gasteiger partial charge in [-0.1, -0.05) is 24.3 Å². The number of hydrogen-bond donors (Lipinski definition) is 0. The second-order valence-corrected chi connectivity index (χ2v) is 5.25. The van der Waals surface area contributed by atoms with Crippen LogP contribution in [0.4, 0.5) is 0 Å². The summed E-state index contributed by atoms with van der Waals surface area (Å²) in [5.41, 5.74) is 2.93. The molecule has 0 spiro atoms. The van der Waals surface area contributed by atoms with E-state index in [9.17, 15) is 4.79 Å². The molecule has 0 aliphatic rings. The van der Waals surface area contributed by atoms with Gasteiger partial charge in [0.05, 0.1) is 31.0 Å². The van der Waals surface area contributed by atoms with Gasteiger partial charge in [-0.3, -0.25) is 4.79 Å². The molecule has 118 valence electrons. The Bertz CT molecular complexity index is 936. The molecule has 5 heteroatoms. The van der Waals surface area contributed by atoms with Gasteiger partial charge in [-0.2, -0.15) is 10.4 Å². The van der Waals surface area contributed by atoms with E-state index >= 15 is 0 Å². The molecular formula is C19H15N3O2. The summed E-state index contributed by atoms with van der Waals surface area (Å²) >= 11 is 0. The molecule has 0 aliphatic carbocycles. The molecule has 5 nitrogen and oxygen atoms in total. The van der Waals surface area contributed by atoms with Crippen LogP contribution in [-0.4, -0.2) is 16.9 Å². The van der Waals surface area contributed by atoms with Gasteiger partial charge in [-0.05, 0) is 35.9 Å². The van der Waals surface area contributed by atoms with Gasteiger partial charge in [0.1, 0.15) is 5.75 Å². The second-order valence-electron chi connectivity index (χ2n) is 5.25. The van der Waals surface area contributed by atoms with Crippen molar-refractivity contribution < 1.29 is 4.74 Å². The molecule has 1 heterocycles. The lowest BCUT2D eigenvalue weighted by Crippen LogP contribution is -2.22. The first-order chi connectivity index (χ1) is 11.7. The van der Waals surface area contributed by atoms with E-state index in [1.165, 1.54) is 10.7 Å². The van der Waals surface area contributed by atoms with Crippen LogP contribution >= 0.6 is 0 Å². The van der Waals surface area contributed by atoms with Crippen LogP contribution in [0.25, 0.3) is 11.3 Å². The number of nitriles is 1. The number of nitrogens with zero attached hydrogens (tertiary/aromatic N) is 3. The molecule has 2 aromatic carbocycles. The van der Waals surface area contributed by atoms with Crippen molar-refractivity contribution in [2.24, 2.45) is 0 Å². The minimum absolute atomic E-state index is 0.164. The summed E-state index contributed by atoms with van der Waals surface area (Å²) in [6.45, 7) is 0.382. The average Bonchev–Trinajstić information content (AvgIpc) is 2.64. The SMILES string of the molecule is COc1ccc(Cn2nc(-c3ccc(C#N)cc3)ccc2=O)cc1. The Balaban J connectivity index is 1.90. The summed E-state index contributed by atoms with van der Waals surface area (Å²) in [5, 5.41) is 13.3. The Hall–Kier alpha value is -3.39. The highest BCUT2D eigenvalue weighted by Gasteiger charge is 2.05. The van der Waals surface area contributed by atoms with Gasteiger partial charge >= 0.3 is 0 Å². The Labute approximate surface area is 139 Å². The van der Waals surface area contributed by atoms with E-state index in [4.69, 9.17) is 10.00 Å². The molecule has 0 fully saturated rings. The summed E-state index contributed by atoms with van der Waals surface area (Å²) in [5.74, 6) is 0.769. The minimum Gasteiger partial charge on any atom is -0.497 e. The fraction of sp³-hybridized carbons (Fsp3) is 0.105. The smallest absolute Gasteiger partial charge is 0.267 e. The topological polar surface area (TPSA) is 67.9 Å². The zero-order chi connectivity index (χ0) is 16.9. The normalized spacial score (nSPS) is 10.2. The largest absolute Gasteiger partial charge is 0.497 e. The summed E-state index contributed by atoms with van der Waals surface area (Å²) in [4.78, 5) is 12.1. The van der Waals surface area contributed by atoms with E-state index in [1.54, 1.807) is 25.3 Å². The minimum atomic E-state index is -0.164. The number of aromatic nitrogens is 2. The van der Waals surface area contributed by atoms with E-state index in [0.717, 1.165) is 16.9 Å². The van der Waals surface area contributed by atoms with Crippen molar-refractivity contribution in [1.82, 2.24) is 9.78 Å². The first-order valence-electron chi connectivity index (χ1n) is 7.41. The molecule has 0 radical (unpaired) electrons. The van der Waals surface area contributed by atoms with Crippen molar-refractivity contribution in [3.05, 3.63) is 82.1 Å². The van der Waals surface area contributed by atoms with Gasteiger partial charge in [-0.15, -0.1) is 0 Å². The van der Waals surface area contributed by atoms with Crippen molar-refractivity contribution in [3.8, 4) is 23.1 Å². The van der Waals surface area contributed by atoms with Gasteiger partial charge in [0.15, 0.2) is 0 Å². The highest BCUT2D eigenvalue weighted by atomic mass is 16.5. The first-order valence-corrected chi connectivity index (χ1v) is 7.41. The lowest BCUT2D eigenvalue weighted by Gasteiger charge is -2.08. The third-order valence-electron chi connectivity index (χ3n) is 3.67. The van der Waals surface area contributed by atoms with E-state index in [2.05, 4.69) is 11.2 Å². The van der Waals surface area contributed by atoms with Crippen molar-refractivity contribution in [3.63, 3.8) is 0 Å². The van der Waals surface area contributed by atoms with Gasteiger partial charge in [0, 0.05) is 11.6 Å². The van der Waals surface area contributed by atoms with Crippen LogP contribution in [-0.2, 0) is 6.54 Å². The average molecular weight is 317 g/mol. The Morgan fingerprint density at radius 3 is 2.38 bits per heavy atom. The monoisotopic (exact) mass is 317 g/mol. The van der Waals surface area contributed by atoms with Crippen molar-refractivity contribution in [2.75, 3.05) is 7.11 Å². The molecule has 3 rings (SSSR count). The van der Waals surface area contributed by atoms with Crippen LogP contribution in [0.5, 0.6) is 5.75 Å². The maximum Gasteiger partial charge on any atom is 0.267 e. The molecule has 0 bridgehead atoms. The fourth-order valence-corrected chi connectivity index (χ4v) is 2.34. The number of ether oxygens (including phenoxy) is 1. The number of methoxy groups -OCH3 is 1. The van der Waals surface area contributed by atoms with Crippen molar-refractivity contribution in [1.29, 1.82) is 5.26 Å². The Kier molecular flexibility index (Phi) is 4.39. The Morgan fingerprint density at radius 2 is 1.75 bits per heavy atom. The third kappa shape index (κ3) is 3.33. The summed E-state index contributed by atoms with van der Waals surface area (Å²) < 4.78 is 6.56. The molecule has 0 unspecified atom stereocenters. The highest BCUT2D eigenvalue weighted by Crippen LogP contribution is 2.16. The van der Waals surface area contributed by atoms with Gasteiger partial charge < -0.3 is 4.74 Å². The molecular weight excluding hydrogens is 302 g/mol. The molecule has 0 saturated heterocycles. The van der Waals surface area contributed by atoms with Crippen LogP contribution in [0.2, 0.25) is 0 Å². The molecule has 0 N–H and O–H groups in total. The zero-order valence-electron chi connectivity index (χ0n) is 13.1. The van der Waals surface area contributed by atoms with Crippen LogP contribution in [0, 0.1) is 11.3 Å². The van der Waals surface area contributed by atoms with Crippen LogP contribution in [0.1, 0.15) is 11.1 Å². The molecule has 0 saturated carbocycles. The zero-order valence-corrected chi connectivity index (χ0v) is 13.1. The van der Waals surface area contributed by atoms with E-state index in [1.807, 2.05) is 36.4 Å². The van der Waals surface area contributed by atoms with Crippen LogP contribution < -0.4 is 10.3 Å². The van der Waals surface area contributed by atoms with Crippen LogP contribution in [0.15, 0.2) is 65.5 Å². The second kappa shape index (κ2) is 6.80. The third-order valence-corrected chi connectivity index (χ3v) is 3.67. The summed E-state index contributed by atoms with van der Waals surface area (Å²) in [6, 6.07) is 19.9. The van der Waals surface area contributed by atoms with Crippen LogP contribution in [0.3, 0.4) is 0 Å². The summed E-state index contributed by atoms with van der Waals surface area (Å²) in [6.07, 6.45) is 0. The predicted molar refractivity (Wildman–Crippen MR) is 90.7 cm³/mol. The molecule has 0 aliphatic heterocycles. The first kappa shape index (κ1) is 15.5. The quantitative estimate of drug-likeness (QED) is 0.742. The predicted octanol–water partition coefficient (Wildman–Crippen LogP) is 2.84. The number of benzene rings is 2. The van der Waals surface area contributed by atoms with Gasteiger partial charge in [0.25, 0.3) is 5.56 Å². The number of hydrogen-bond acceptors (Lipinski definition) is 4. The molecule has 3 aromatic rings. The standard InChI is InChI=1S/C19H15N3O2/c1-24-17-8-4-15(5-9-17)13-22-19(23)11-10-18(21-22)16-6-2-14(12-20)3-7-16/h2-11H,13H2,1H3. The highest BCUT2D eigenvalue weighted by molar-refractivity contribution is 5.59. The molecule has 0 atom stereocenters. The molecule has 24 heavy (non-hydrogen) atoms. The van der Waals surface area contributed by atoms with Crippen molar-refractivity contribution >= 4 is 0 Å². The van der Waals surface area contributed by atoms with E-state index < -0.39 is 0 Å². The van der Waals surface area contributed by atoms with Crippen molar-refractivity contribution in [2.45, 2.75) is 6.54 Å². The lowest BCUT2D eigenvalue weighted by atomic mass is 10.1. The van der Waals surface area contributed by atoms with E-state index in [0.29, 0.717) is 17.8 Å². The number of rotatable bonds is 4. The Morgan fingerprint density at radius 1 is 1.04 bits per heavy atom. The van der Waals surface area contributed by atoms with E-state index in [-0.39, 0.29) is 5.56 Å². The lowest BCUT2D eigenvalue weighted by molar-refractivity contribution is 0.414. The fourth-order valence-electron chi connectivity index (χ4n) is 2.34. The maximum absolute atomic E-state index is 12.1. The molecule has 1 aromatic heterocycles. The maximum atomic E-state index is 12.1. The summed E-state index contributed by atoms with van der Waals surface area (Å²) in [7, 11) is 1.61.